The molecule has 78 valence electrons. The molecule has 0 aliphatic carbocycles. The van der Waals surface area contributed by atoms with E-state index in [1.807, 2.05) is 0 Å². The van der Waals surface area contributed by atoms with E-state index in [-0.39, 0.29) is 16.9 Å². The predicted octanol–water partition coefficient (Wildman–Crippen LogP) is 2.09. The van der Waals surface area contributed by atoms with Gasteiger partial charge in [-0.25, -0.2) is 4.39 Å². The summed E-state index contributed by atoms with van der Waals surface area (Å²) in [4.78, 5) is 0. The molecule has 0 bridgehead atoms. The van der Waals surface area contributed by atoms with E-state index in [1.54, 1.807) is 0 Å². The van der Waals surface area contributed by atoms with Gasteiger partial charge in [-0.15, -0.1) is 0 Å². The Kier molecular flexibility index (Phi) is 2.55. The molecule has 1 rings (SSSR count). The summed E-state index contributed by atoms with van der Waals surface area (Å²) in [5.41, 5.74) is 9.61. The molecule has 0 aromatic heterocycles. The first-order valence-corrected chi connectivity index (χ1v) is 3.70. The Morgan fingerprint density at radius 2 is 1.71 bits per heavy atom. The molecule has 0 saturated heterocycles. The van der Waals surface area contributed by atoms with E-state index in [0.29, 0.717) is 0 Å². The third-order valence-electron chi connectivity index (χ3n) is 1.63. The maximum atomic E-state index is 12.8. The smallest absolute Gasteiger partial charge is 0.393 e. The van der Waals surface area contributed by atoms with Gasteiger partial charge in [0.2, 0.25) is 0 Å². The predicted molar refractivity (Wildman–Crippen MR) is 45.0 cm³/mol. The molecule has 0 fully saturated rings. The standard InChI is InChI=1S/C8H8F4N2/c9-5-1-4(3-8(10,11)12)2-6(13)7(5)14/h1-2H,3,13-14H2. The summed E-state index contributed by atoms with van der Waals surface area (Å²) >= 11 is 0. The minimum Gasteiger partial charge on any atom is -0.397 e. The highest BCUT2D eigenvalue weighted by atomic mass is 19.4. The van der Waals surface area contributed by atoms with Crippen molar-refractivity contribution in [2.45, 2.75) is 12.6 Å². The Morgan fingerprint density at radius 3 is 2.14 bits per heavy atom. The largest absolute Gasteiger partial charge is 0.397 e. The van der Waals surface area contributed by atoms with E-state index in [9.17, 15) is 17.6 Å². The molecule has 0 atom stereocenters. The Bertz CT molecular complexity index is 323. The number of halogens is 4. The first-order valence-electron chi connectivity index (χ1n) is 3.70. The van der Waals surface area contributed by atoms with Crippen LogP contribution in [0.4, 0.5) is 28.9 Å². The molecule has 0 radical (unpaired) electrons. The summed E-state index contributed by atoms with van der Waals surface area (Å²) in [6.45, 7) is 0. The van der Waals surface area contributed by atoms with Crippen LogP contribution in [0.5, 0.6) is 0 Å². The number of anilines is 2. The Balaban J connectivity index is 3.02. The van der Waals surface area contributed by atoms with Crippen LogP contribution in [0.3, 0.4) is 0 Å². The average molecular weight is 208 g/mol. The van der Waals surface area contributed by atoms with Gasteiger partial charge in [-0.3, -0.25) is 0 Å². The van der Waals surface area contributed by atoms with Gasteiger partial charge in [0.15, 0.2) is 0 Å². The normalized spacial score (nSPS) is 11.7. The highest BCUT2D eigenvalue weighted by Crippen LogP contribution is 2.26. The molecular weight excluding hydrogens is 200 g/mol. The van der Waals surface area contributed by atoms with Gasteiger partial charge in [-0.1, -0.05) is 0 Å². The van der Waals surface area contributed by atoms with E-state index in [2.05, 4.69) is 0 Å². The number of hydrogen-bond acceptors (Lipinski definition) is 2. The first kappa shape index (κ1) is 10.6. The van der Waals surface area contributed by atoms with Crippen LogP contribution in [0.15, 0.2) is 12.1 Å². The second kappa shape index (κ2) is 3.36. The fourth-order valence-corrected chi connectivity index (χ4v) is 1.03. The average Bonchev–Trinajstić information content (AvgIpc) is 1.96. The monoisotopic (exact) mass is 208 g/mol. The molecule has 6 heteroatoms. The van der Waals surface area contributed by atoms with Gasteiger partial charge in [-0.05, 0) is 17.7 Å². The van der Waals surface area contributed by atoms with Crippen LogP contribution >= 0.6 is 0 Å². The van der Waals surface area contributed by atoms with Gasteiger partial charge in [0.05, 0.1) is 17.8 Å². The van der Waals surface area contributed by atoms with Gasteiger partial charge in [0.1, 0.15) is 5.82 Å². The van der Waals surface area contributed by atoms with Gasteiger partial charge >= 0.3 is 6.18 Å². The minimum atomic E-state index is -4.38. The molecule has 0 aliphatic rings. The van der Waals surface area contributed by atoms with Crippen molar-refractivity contribution in [1.82, 2.24) is 0 Å². The Labute approximate surface area is 77.5 Å². The molecule has 2 nitrogen and oxygen atoms in total. The third-order valence-corrected chi connectivity index (χ3v) is 1.63. The highest BCUT2D eigenvalue weighted by molar-refractivity contribution is 5.64. The van der Waals surface area contributed by atoms with Crippen LogP contribution in [-0.4, -0.2) is 6.18 Å². The second-order valence-electron chi connectivity index (χ2n) is 2.87. The maximum absolute atomic E-state index is 12.8. The lowest BCUT2D eigenvalue weighted by molar-refractivity contribution is -0.127. The summed E-state index contributed by atoms with van der Waals surface area (Å²) < 4.78 is 48.6. The molecule has 0 saturated carbocycles. The molecule has 14 heavy (non-hydrogen) atoms. The minimum absolute atomic E-state index is 0.177. The number of nitrogens with two attached hydrogens (primary N) is 2. The van der Waals surface area contributed by atoms with Crippen LogP contribution < -0.4 is 11.5 Å². The van der Waals surface area contributed by atoms with Crippen molar-refractivity contribution in [2.75, 3.05) is 11.5 Å². The molecule has 0 heterocycles. The molecule has 1 aromatic carbocycles. The molecule has 4 N–H and O–H groups in total. The van der Waals surface area contributed by atoms with Gasteiger partial charge < -0.3 is 11.5 Å². The molecular formula is C8H8F4N2. The summed E-state index contributed by atoms with van der Waals surface area (Å²) in [6, 6.07) is 1.76. The fourth-order valence-electron chi connectivity index (χ4n) is 1.03. The second-order valence-corrected chi connectivity index (χ2v) is 2.87. The van der Waals surface area contributed by atoms with E-state index in [1.165, 1.54) is 0 Å². The highest BCUT2D eigenvalue weighted by Gasteiger charge is 2.28. The van der Waals surface area contributed by atoms with Crippen molar-refractivity contribution in [2.24, 2.45) is 0 Å². The number of benzene rings is 1. The number of nitrogen functional groups attached to an aromatic ring is 2. The molecule has 0 amide bonds. The maximum Gasteiger partial charge on any atom is 0.393 e. The van der Waals surface area contributed by atoms with Crippen molar-refractivity contribution >= 4 is 11.4 Å². The lowest BCUT2D eigenvalue weighted by atomic mass is 10.1. The van der Waals surface area contributed by atoms with E-state index in [4.69, 9.17) is 11.5 Å². The Morgan fingerprint density at radius 1 is 1.14 bits per heavy atom. The van der Waals surface area contributed by atoms with Crippen molar-refractivity contribution < 1.29 is 17.6 Å². The summed E-state index contributed by atoms with van der Waals surface area (Å²) in [6.07, 6.45) is -5.59. The number of rotatable bonds is 1. The fraction of sp³-hybridized carbons (Fsp3) is 0.250. The van der Waals surface area contributed by atoms with Crippen molar-refractivity contribution in [3.8, 4) is 0 Å². The van der Waals surface area contributed by atoms with Gasteiger partial charge in [0, 0.05) is 0 Å². The van der Waals surface area contributed by atoms with Crippen molar-refractivity contribution in [1.29, 1.82) is 0 Å². The number of alkyl halides is 3. The molecule has 0 aliphatic heterocycles. The van der Waals surface area contributed by atoms with Gasteiger partial charge in [-0.2, -0.15) is 13.2 Å². The van der Waals surface area contributed by atoms with E-state index in [0.717, 1.165) is 12.1 Å². The third kappa shape index (κ3) is 2.51. The zero-order valence-electron chi connectivity index (χ0n) is 7.03. The topological polar surface area (TPSA) is 52.0 Å². The van der Waals surface area contributed by atoms with Crippen LogP contribution in [0, 0.1) is 5.82 Å². The van der Waals surface area contributed by atoms with E-state index < -0.39 is 18.4 Å². The SMILES string of the molecule is Nc1cc(CC(F)(F)F)cc(F)c1N. The van der Waals surface area contributed by atoms with Crippen LogP contribution in [0.1, 0.15) is 5.56 Å². The number of hydrogen-bond donors (Lipinski definition) is 2. The lowest BCUT2D eigenvalue weighted by Crippen LogP contribution is -2.12. The van der Waals surface area contributed by atoms with Crippen LogP contribution in [-0.2, 0) is 6.42 Å². The summed E-state index contributed by atoms with van der Waals surface area (Å²) in [5, 5.41) is 0. The lowest BCUT2D eigenvalue weighted by Gasteiger charge is -2.08. The van der Waals surface area contributed by atoms with E-state index >= 15 is 0 Å². The summed E-state index contributed by atoms with van der Waals surface area (Å²) in [5.74, 6) is -0.927. The molecule has 0 spiro atoms. The molecule has 1 aromatic rings. The van der Waals surface area contributed by atoms with Crippen molar-refractivity contribution in [3.05, 3.63) is 23.5 Å². The van der Waals surface area contributed by atoms with Gasteiger partial charge in [0.25, 0.3) is 0 Å². The zero-order valence-corrected chi connectivity index (χ0v) is 7.03. The van der Waals surface area contributed by atoms with Crippen molar-refractivity contribution in [3.63, 3.8) is 0 Å². The van der Waals surface area contributed by atoms with Crippen LogP contribution in [0.25, 0.3) is 0 Å². The first-order chi connectivity index (χ1) is 6.29. The Hall–Kier alpha value is -1.46. The quantitative estimate of drug-likeness (QED) is 0.548. The van der Waals surface area contributed by atoms with Crippen LogP contribution in [0.2, 0.25) is 0 Å². The zero-order chi connectivity index (χ0) is 10.9. The summed E-state index contributed by atoms with van der Waals surface area (Å²) in [7, 11) is 0. The molecule has 0 unspecified atom stereocenters.